The van der Waals surface area contributed by atoms with E-state index in [0.29, 0.717) is 13.2 Å². The van der Waals surface area contributed by atoms with Crippen molar-refractivity contribution in [1.29, 1.82) is 0 Å². The number of fused-ring (bicyclic) bond motifs is 1. The van der Waals surface area contributed by atoms with Gasteiger partial charge in [0.2, 0.25) is 5.91 Å². The first-order valence-corrected chi connectivity index (χ1v) is 11.1. The minimum Gasteiger partial charge on any atom is -0.376 e. The van der Waals surface area contributed by atoms with Gasteiger partial charge in [-0.15, -0.1) is 0 Å². The second-order valence-electron chi connectivity index (χ2n) is 8.46. The number of hydrogen-bond acceptors (Lipinski definition) is 4. The van der Waals surface area contributed by atoms with Crippen LogP contribution in [0.4, 0.5) is 11.4 Å². The molecule has 1 N–H and O–H groups in total. The maximum atomic E-state index is 13.2. The number of benzene rings is 2. The first-order valence-electron chi connectivity index (χ1n) is 11.1. The molecule has 0 radical (unpaired) electrons. The van der Waals surface area contributed by atoms with Gasteiger partial charge >= 0.3 is 0 Å². The number of nitrogens with zero attached hydrogens (tertiary/aromatic N) is 1. The van der Waals surface area contributed by atoms with Crippen LogP contribution in [0.15, 0.2) is 48.5 Å². The van der Waals surface area contributed by atoms with E-state index < -0.39 is 0 Å². The number of carbonyl (C=O) groups is 1. The molecule has 3 unspecified atom stereocenters. The molecule has 5 nitrogen and oxygen atoms in total. The molecule has 160 valence electrons. The normalized spacial score (nSPS) is 21.9. The standard InChI is InChI=1S/C25H32N2O3/c1-18-14-21-9-3-4-12-24(21)27(18)25(28)19(2)26-22-10-7-8-20(15-22)16-29-17-23-11-5-6-13-30-23/h3-4,7-10,12,15,18-19,23,26H,5-6,11,13-14,16-17H2,1-2H3. The number of carbonyl (C=O) groups excluding carboxylic acids is 1. The first kappa shape index (κ1) is 20.9. The molecular weight excluding hydrogens is 376 g/mol. The average Bonchev–Trinajstić information content (AvgIpc) is 3.10. The van der Waals surface area contributed by atoms with Gasteiger partial charge < -0.3 is 19.7 Å². The van der Waals surface area contributed by atoms with E-state index in [0.717, 1.165) is 42.8 Å². The lowest BCUT2D eigenvalue weighted by Gasteiger charge is -2.27. The Bertz CT molecular complexity index is 863. The van der Waals surface area contributed by atoms with Crippen molar-refractivity contribution in [1.82, 2.24) is 0 Å². The largest absolute Gasteiger partial charge is 0.376 e. The third-order valence-corrected chi connectivity index (χ3v) is 5.97. The Balaban J connectivity index is 1.33. The minimum atomic E-state index is -0.314. The van der Waals surface area contributed by atoms with Crippen molar-refractivity contribution < 1.29 is 14.3 Å². The summed E-state index contributed by atoms with van der Waals surface area (Å²) in [6, 6.07) is 16.2. The summed E-state index contributed by atoms with van der Waals surface area (Å²) in [6.07, 6.45) is 4.59. The lowest BCUT2D eigenvalue weighted by molar-refractivity contribution is -0.119. The van der Waals surface area contributed by atoms with Crippen LogP contribution in [0.5, 0.6) is 0 Å². The molecule has 0 bridgehead atoms. The van der Waals surface area contributed by atoms with Crippen LogP contribution in [-0.2, 0) is 27.3 Å². The van der Waals surface area contributed by atoms with Gasteiger partial charge in [0.05, 0.1) is 19.3 Å². The predicted molar refractivity (Wildman–Crippen MR) is 120 cm³/mol. The zero-order valence-corrected chi connectivity index (χ0v) is 18.0. The third kappa shape index (κ3) is 4.85. The van der Waals surface area contributed by atoms with E-state index in [1.165, 1.54) is 12.0 Å². The van der Waals surface area contributed by atoms with Crippen LogP contribution in [0.2, 0.25) is 0 Å². The number of ether oxygens (including phenoxy) is 2. The summed E-state index contributed by atoms with van der Waals surface area (Å²) in [5, 5.41) is 3.38. The highest BCUT2D eigenvalue weighted by Gasteiger charge is 2.33. The molecule has 2 heterocycles. The number of amides is 1. The Morgan fingerprint density at radius 2 is 2.10 bits per heavy atom. The average molecular weight is 409 g/mol. The van der Waals surface area contributed by atoms with Crippen molar-refractivity contribution in [3.05, 3.63) is 59.7 Å². The fourth-order valence-electron chi connectivity index (χ4n) is 4.42. The minimum absolute atomic E-state index is 0.101. The molecule has 5 heteroatoms. The van der Waals surface area contributed by atoms with Crippen molar-refractivity contribution in [3.8, 4) is 0 Å². The van der Waals surface area contributed by atoms with E-state index in [1.54, 1.807) is 0 Å². The van der Waals surface area contributed by atoms with Crippen LogP contribution < -0.4 is 10.2 Å². The van der Waals surface area contributed by atoms with Gasteiger partial charge in [0.25, 0.3) is 0 Å². The predicted octanol–water partition coefficient (Wildman–Crippen LogP) is 4.55. The summed E-state index contributed by atoms with van der Waals surface area (Å²) in [7, 11) is 0. The van der Waals surface area contributed by atoms with Crippen molar-refractivity contribution in [2.45, 2.75) is 64.3 Å². The molecule has 0 saturated carbocycles. The molecule has 3 atom stereocenters. The van der Waals surface area contributed by atoms with Gasteiger partial charge in [0.1, 0.15) is 6.04 Å². The SMILES string of the molecule is CC(Nc1cccc(COCC2CCCCO2)c1)C(=O)N1c2ccccc2CC1C. The molecule has 1 fully saturated rings. The van der Waals surface area contributed by atoms with Gasteiger partial charge in [0, 0.05) is 24.0 Å². The van der Waals surface area contributed by atoms with Crippen molar-refractivity contribution in [3.63, 3.8) is 0 Å². The van der Waals surface area contributed by atoms with Crippen LogP contribution in [0.25, 0.3) is 0 Å². The lowest BCUT2D eigenvalue weighted by atomic mass is 10.1. The fraction of sp³-hybridized carbons (Fsp3) is 0.480. The van der Waals surface area contributed by atoms with E-state index in [4.69, 9.17) is 9.47 Å². The van der Waals surface area contributed by atoms with Crippen LogP contribution >= 0.6 is 0 Å². The van der Waals surface area contributed by atoms with Gasteiger partial charge in [-0.05, 0) is 68.9 Å². The number of hydrogen-bond donors (Lipinski definition) is 1. The summed E-state index contributed by atoms with van der Waals surface area (Å²) in [4.78, 5) is 15.1. The van der Waals surface area contributed by atoms with E-state index in [1.807, 2.05) is 42.2 Å². The highest BCUT2D eigenvalue weighted by molar-refractivity contribution is 6.00. The van der Waals surface area contributed by atoms with Crippen molar-refractivity contribution >= 4 is 17.3 Å². The zero-order valence-electron chi connectivity index (χ0n) is 18.0. The van der Waals surface area contributed by atoms with Crippen molar-refractivity contribution in [2.75, 3.05) is 23.4 Å². The van der Waals surface area contributed by atoms with Gasteiger partial charge in [-0.25, -0.2) is 0 Å². The monoisotopic (exact) mass is 408 g/mol. The Labute approximate surface area is 179 Å². The second kappa shape index (κ2) is 9.63. The number of anilines is 2. The molecule has 2 aliphatic rings. The molecule has 4 rings (SSSR count). The Kier molecular flexibility index (Phi) is 6.70. The molecule has 0 aliphatic carbocycles. The van der Waals surface area contributed by atoms with Crippen molar-refractivity contribution in [2.24, 2.45) is 0 Å². The maximum absolute atomic E-state index is 13.2. The van der Waals surface area contributed by atoms with Gasteiger partial charge in [-0.2, -0.15) is 0 Å². The van der Waals surface area contributed by atoms with Crippen LogP contribution in [0, 0.1) is 0 Å². The molecule has 0 aromatic heterocycles. The van der Waals surface area contributed by atoms with E-state index in [9.17, 15) is 4.79 Å². The van der Waals surface area contributed by atoms with Crippen LogP contribution in [-0.4, -0.2) is 37.3 Å². The number of nitrogens with one attached hydrogen (secondary N) is 1. The smallest absolute Gasteiger partial charge is 0.249 e. The molecule has 2 aromatic rings. The quantitative estimate of drug-likeness (QED) is 0.730. The Hall–Kier alpha value is -2.37. The van der Waals surface area contributed by atoms with E-state index in [2.05, 4.69) is 30.4 Å². The maximum Gasteiger partial charge on any atom is 0.249 e. The first-order chi connectivity index (χ1) is 14.6. The topological polar surface area (TPSA) is 50.8 Å². The molecule has 1 amide bonds. The zero-order chi connectivity index (χ0) is 20.9. The van der Waals surface area contributed by atoms with Crippen LogP contribution in [0.1, 0.15) is 44.2 Å². The fourth-order valence-corrected chi connectivity index (χ4v) is 4.42. The highest BCUT2D eigenvalue weighted by Crippen LogP contribution is 2.32. The van der Waals surface area contributed by atoms with Gasteiger partial charge in [-0.1, -0.05) is 30.3 Å². The summed E-state index contributed by atoms with van der Waals surface area (Å²) in [5.41, 5.74) is 4.31. The molecule has 2 aliphatic heterocycles. The summed E-state index contributed by atoms with van der Waals surface area (Å²) >= 11 is 0. The molecular formula is C25H32N2O3. The van der Waals surface area contributed by atoms with E-state index in [-0.39, 0.29) is 24.1 Å². The highest BCUT2D eigenvalue weighted by atomic mass is 16.5. The number of para-hydroxylation sites is 1. The molecule has 30 heavy (non-hydrogen) atoms. The summed E-state index contributed by atoms with van der Waals surface area (Å²) < 4.78 is 11.6. The third-order valence-electron chi connectivity index (χ3n) is 5.97. The summed E-state index contributed by atoms with van der Waals surface area (Å²) in [5.74, 6) is 0.101. The Morgan fingerprint density at radius 1 is 1.23 bits per heavy atom. The Morgan fingerprint density at radius 3 is 2.93 bits per heavy atom. The second-order valence-corrected chi connectivity index (χ2v) is 8.46. The molecule has 2 aromatic carbocycles. The van der Waals surface area contributed by atoms with Gasteiger partial charge in [0.15, 0.2) is 0 Å². The van der Waals surface area contributed by atoms with E-state index >= 15 is 0 Å². The number of rotatable bonds is 7. The lowest BCUT2D eigenvalue weighted by Crippen LogP contribution is -2.44. The molecule has 1 saturated heterocycles. The van der Waals surface area contributed by atoms with Gasteiger partial charge in [-0.3, -0.25) is 4.79 Å². The molecule has 0 spiro atoms. The summed E-state index contributed by atoms with van der Waals surface area (Å²) in [6.45, 7) is 6.07. The van der Waals surface area contributed by atoms with Crippen LogP contribution in [0.3, 0.4) is 0 Å².